The van der Waals surface area contributed by atoms with Crippen LogP contribution in [0.25, 0.3) is 0 Å². The number of allylic oxidation sites excluding steroid dienone is 1. The van der Waals surface area contributed by atoms with E-state index < -0.39 is 0 Å². The van der Waals surface area contributed by atoms with Crippen molar-refractivity contribution in [2.24, 2.45) is 0 Å². The maximum absolute atomic E-state index is 6.23. The molecule has 4 heteroatoms. The second-order valence-corrected chi connectivity index (χ2v) is 7.23. The Kier molecular flexibility index (Phi) is 7.20. The van der Waals surface area contributed by atoms with Crippen LogP contribution in [0.5, 0.6) is 11.5 Å². The smallest absolute Gasteiger partial charge is 0.165 e. The van der Waals surface area contributed by atoms with Gasteiger partial charge < -0.3 is 14.8 Å². The Labute approximate surface area is 177 Å². The highest BCUT2D eigenvalue weighted by Crippen LogP contribution is 2.35. The number of halogens is 1. The van der Waals surface area contributed by atoms with E-state index in [-0.39, 0.29) is 0 Å². The summed E-state index contributed by atoms with van der Waals surface area (Å²) >= 11 is 6.23. The molecule has 0 radical (unpaired) electrons. The molecule has 0 saturated carbocycles. The minimum absolute atomic E-state index is 0.487. The molecule has 3 nitrogen and oxygen atoms in total. The van der Waals surface area contributed by atoms with Gasteiger partial charge in [-0.15, -0.1) is 6.58 Å². The van der Waals surface area contributed by atoms with Crippen LogP contribution in [-0.2, 0) is 19.6 Å². The molecule has 1 N–H and O–H groups in total. The van der Waals surface area contributed by atoms with Crippen LogP contribution in [0.15, 0.2) is 73.3 Å². The molecule has 3 rings (SSSR count). The Hall–Kier alpha value is -2.91. The van der Waals surface area contributed by atoms with E-state index in [1.807, 2.05) is 67.6 Å². The van der Waals surface area contributed by atoms with Crippen molar-refractivity contribution in [1.82, 2.24) is 0 Å². The van der Waals surface area contributed by atoms with E-state index in [0.717, 1.165) is 44.5 Å². The van der Waals surface area contributed by atoms with Gasteiger partial charge in [0.25, 0.3) is 0 Å². The number of anilines is 1. The van der Waals surface area contributed by atoms with Crippen molar-refractivity contribution >= 4 is 17.3 Å². The first-order valence-electron chi connectivity index (χ1n) is 9.58. The van der Waals surface area contributed by atoms with E-state index in [0.29, 0.717) is 19.6 Å². The summed E-state index contributed by atoms with van der Waals surface area (Å²) in [5, 5.41) is 4.22. The van der Waals surface area contributed by atoms with Gasteiger partial charge in [-0.25, -0.2) is 0 Å². The van der Waals surface area contributed by atoms with Crippen LogP contribution in [0.3, 0.4) is 0 Å². The fourth-order valence-corrected chi connectivity index (χ4v) is 3.35. The zero-order valence-electron chi connectivity index (χ0n) is 16.9. The van der Waals surface area contributed by atoms with Crippen LogP contribution in [0.1, 0.15) is 22.3 Å². The summed E-state index contributed by atoms with van der Waals surface area (Å²) in [6, 6.07) is 20.1. The number of rotatable bonds is 9. The predicted octanol–water partition coefficient (Wildman–Crippen LogP) is 6.58. The highest BCUT2D eigenvalue weighted by Gasteiger charge is 2.13. The average Bonchev–Trinajstić information content (AvgIpc) is 2.74. The molecule has 0 atom stereocenters. The first kappa shape index (κ1) is 20.8. The van der Waals surface area contributed by atoms with Crippen LogP contribution in [0.4, 0.5) is 5.69 Å². The summed E-state index contributed by atoms with van der Waals surface area (Å²) in [6.07, 6.45) is 2.58. The maximum Gasteiger partial charge on any atom is 0.165 e. The first-order chi connectivity index (χ1) is 14.1. The predicted molar refractivity (Wildman–Crippen MR) is 121 cm³/mol. The highest BCUT2D eigenvalue weighted by atomic mass is 35.5. The van der Waals surface area contributed by atoms with E-state index in [4.69, 9.17) is 21.1 Å². The van der Waals surface area contributed by atoms with E-state index in [1.54, 1.807) is 7.11 Å². The Morgan fingerprint density at radius 3 is 2.55 bits per heavy atom. The minimum atomic E-state index is 0.487. The van der Waals surface area contributed by atoms with E-state index in [2.05, 4.69) is 18.0 Å². The fourth-order valence-electron chi connectivity index (χ4n) is 3.17. The molecule has 0 aliphatic heterocycles. The van der Waals surface area contributed by atoms with Gasteiger partial charge >= 0.3 is 0 Å². The fraction of sp³-hybridized carbons (Fsp3) is 0.200. The van der Waals surface area contributed by atoms with Gasteiger partial charge in [0.2, 0.25) is 0 Å². The van der Waals surface area contributed by atoms with Crippen molar-refractivity contribution in [3.05, 3.63) is 101 Å². The summed E-state index contributed by atoms with van der Waals surface area (Å²) in [5.41, 5.74) is 5.32. The monoisotopic (exact) mass is 407 g/mol. The molecule has 0 saturated heterocycles. The van der Waals surface area contributed by atoms with E-state index in [1.165, 1.54) is 0 Å². The van der Waals surface area contributed by atoms with Gasteiger partial charge in [-0.2, -0.15) is 0 Å². The molecule has 3 aromatic carbocycles. The molecule has 29 heavy (non-hydrogen) atoms. The average molecular weight is 408 g/mol. The third-order valence-electron chi connectivity index (χ3n) is 4.75. The Balaban J connectivity index is 1.82. The summed E-state index contributed by atoms with van der Waals surface area (Å²) in [7, 11) is 1.67. The third kappa shape index (κ3) is 5.33. The van der Waals surface area contributed by atoms with Crippen molar-refractivity contribution in [3.63, 3.8) is 0 Å². The van der Waals surface area contributed by atoms with Crippen molar-refractivity contribution < 1.29 is 9.47 Å². The van der Waals surface area contributed by atoms with E-state index in [9.17, 15) is 0 Å². The molecule has 0 heterocycles. The highest BCUT2D eigenvalue weighted by molar-refractivity contribution is 6.31. The summed E-state index contributed by atoms with van der Waals surface area (Å²) in [4.78, 5) is 0. The van der Waals surface area contributed by atoms with Gasteiger partial charge in [0.05, 0.1) is 7.11 Å². The van der Waals surface area contributed by atoms with Crippen LogP contribution >= 0.6 is 11.6 Å². The molecule has 3 aromatic rings. The molecular formula is C25H26ClNO2. The molecule has 0 spiro atoms. The number of nitrogens with one attached hydrogen (secondary N) is 1. The van der Waals surface area contributed by atoms with Gasteiger partial charge in [0.1, 0.15) is 6.61 Å². The topological polar surface area (TPSA) is 30.5 Å². The Morgan fingerprint density at radius 1 is 1.03 bits per heavy atom. The SMILES string of the molecule is C=CCc1cc(CNc2cccc(Cl)c2C)cc(OC)c1OCc1ccccc1. The molecule has 0 bridgehead atoms. The molecule has 0 fully saturated rings. The lowest BCUT2D eigenvalue weighted by Crippen LogP contribution is -2.05. The molecule has 150 valence electrons. The lowest BCUT2D eigenvalue weighted by atomic mass is 10.0. The summed E-state index contributed by atoms with van der Waals surface area (Å²) in [6.45, 7) is 7.04. The zero-order chi connectivity index (χ0) is 20.6. The third-order valence-corrected chi connectivity index (χ3v) is 5.16. The second-order valence-electron chi connectivity index (χ2n) is 6.82. The molecule has 0 unspecified atom stereocenters. The minimum Gasteiger partial charge on any atom is -0.493 e. The molecule has 0 aromatic heterocycles. The summed E-state index contributed by atoms with van der Waals surface area (Å²) in [5.74, 6) is 1.49. The van der Waals surface area contributed by atoms with Crippen LogP contribution in [-0.4, -0.2) is 7.11 Å². The van der Waals surface area contributed by atoms with Gasteiger partial charge in [-0.3, -0.25) is 0 Å². The second kappa shape index (κ2) is 10.0. The molecule has 0 aliphatic rings. The molecule has 0 amide bonds. The quantitative estimate of drug-likeness (QED) is 0.406. The van der Waals surface area contributed by atoms with Crippen LogP contribution < -0.4 is 14.8 Å². The number of hydrogen-bond donors (Lipinski definition) is 1. The van der Waals surface area contributed by atoms with Crippen LogP contribution in [0.2, 0.25) is 5.02 Å². The van der Waals surface area contributed by atoms with Crippen molar-refractivity contribution in [2.75, 3.05) is 12.4 Å². The van der Waals surface area contributed by atoms with Crippen molar-refractivity contribution in [2.45, 2.75) is 26.5 Å². The van der Waals surface area contributed by atoms with E-state index >= 15 is 0 Å². The number of hydrogen-bond acceptors (Lipinski definition) is 3. The zero-order valence-corrected chi connectivity index (χ0v) is 17.6. The lowest BCUT2D eigenvalue weighted by molar-refractivity contribution is 0.281. The van der Waals surface area contributed by atoms with Gasteiger partial charge in [0, 0.05) is 22.8 Å². The van der Waals surface area contributed by atoms with Gasteiger partial charge in [0.15, 0.2) is 11.5 Å². The van der Waals surface area contributed by atoms with Crippen molar-refractivity contribution in [1.29, 1.82) is 0 Å². The Bertz CT molecular complexity index is 970. The van der Waals surface area contributed by atoms with Crippen LogP contribution in [0, 0.1) is 6.92 Å². The number of methoxy groups -OCH3 is 1. The number of ether oxygens (including phenoxy) is 2. The van der Waals surface area contributed by atoms with Gasteiger partial charge in [-0.1, -0.05) is 54.1 Å². The largest absolute Gasteiger partial charge is 0.493 e. The standard InChI is InChI=1S/C25H26ClNO2/c1-4-9-21-14-20(16-27-23-13-8-12-22(26)18(23)2)15-24(28-3)25(21)29-17-19-10-6-5-7-11-19/h4-8,10-15,27H,1,9,16-17H2,2-3H3. The normalized spacial score (nSPS) is 10.4. The number of benzene rings is 3. The lowest BCUT2D eigenvalue weighted by Gasteiger charge is -2.18. The molecular weight excluding hydrogens is 382 g/mol. The first-order valence-corrected chi connectivity index (χ1v) is 9.96. The Morgan fingerprint density at radius 2 is 1.83 bits per heavy atom. The summed E-state index contributed by atoms with van der Waals surface area (Å²) < 4.78 is 11.8. The van der Waals surface area contributed by atoms with Gasteiger partial charge in [-0.05, 0) is 54.3 Å². The maximum atomic E-state index is 6.23. The molecule has 0 aliphatic carbocycles. The van der Waals surface area contributed by atoms with Crippen molar-refractivity contribution in [3.8, 4) is 11.5 Å².